The van der Waals surface area contributed by atoms with Crippen LogP contribution in [-0.4, -0.2) is 51.1 Å². The van der Waals surface area contributed by atoms with Gasteiger partial charge in [-0.15, -0.1) is 8.78 Å². The van der Waals surface area contributed by atoms with Gasteiger partial charge in [0.25, 0.3) is 5.56 Å². The van der Waals surface area contributed by atoms with Crippen LogP contribution in [0.2, 0.25) is 0 Å². The van der Waals surface area contributed by atoms with Crippen molar-refractivity contribution in [1.29, 1.82) is 5.26 Å². The molecule has 0 radical (unpaired) electrons. The zero-order valence-corrected chi connectivity index (χ0v) is 22.3. The highest BCUT2D eigenvalue weighted by atomic mass is 19.3. The fraction of sp³-hybridized carbons (Fsp3) is 0.345. The van der Waals surface area contributed by atoms with E-state index in [1.165, 1.54) is 35.8 Å². The fourth-order valence-corrected chi connectivity index (χ4v) is 5.65. The van der Waals surface area contributed by atoms with Gasteiger partial charge in [0.1, 0.15) is 18.3 Å². The van der Waals surface area contributed by atoms with E-state index in [1.54, 1.807) is 6.07 Å². The Morgan fingerprint density at radius 3 is 2.67 bits per heavy atom. The number of aromatic nitrogens is 4. The van der Waals surface area contributed by atoms with Gasteiger partial charge in [0.05, 0.1) is 23.1 Å². The zero-order chi connectivity index (χ0) is 29.0. The molecule has 1 amide bonds. The van der Waals surface area contributed by atoms with E-state index in [0.717, 1.165) is 49.1 Å². The number of carbonyl (C=O) groups excluding carboxylic acids is 1. The average Bonchev–Trinajstić information content (AvgIpc) is 3.58. The first-order chi connectivity index (χ1) is 20.3. The summed E-state index contributed by atoms with van der Waals surface area (Å²) in [6.45, 7) is 1.35. The second-order valence-electron chi connectivity index (χ2n) is 10.6. The Labute approximate surface area is 237 Å². The summed E-state index contributed by atoms with van der Waals surface area (Å²) < 4.78 is 37.3. The quantitative estimate of drug-likeness (QED) is 0.364. The van der Waals surface area contributed by atoms with Gasteiger partial charge in [0.15, 0.2) is 17.0 Å². The van der Waals surface area contributed by atoms with E-state index in [4.69, 9.17) is 0 Å². The number of anilines is 2. The van der Waals surface area contributed by atoms with E-state index in [2.05, 4.69) is 35.5 Å². The molecule has 1 saturated carbocycles. The standard InChI is InChI=1S/C29H25F2N7O4/c30-29(31)41-22-9-7-20(13-23(22)42-29)38(19-5-6-19)24(39)15-37-28(40)27-26(33-16-34-27)25(35-37)17-4-8-21(18(12-17)14-32)36-10-2-1-3-11-36/h4,7-9,12-13,16,19H,1-3,5-6,10-11,15H2,(H,33,34). The molecule has 1 N–H and O–H groups in total. The lowest BCUT2D eigenvalue weighted by atomic mass is 10.0. The fourth-order valence-electron chi connectivity index (χ4n) is 5.65. The average molecular weight is 574 g/mol. The second kappa shape index (κ2) is 9.83. The van der Waals surface area contributed by atoms with Crippen LogP contribution in [0.4, 0.5) is 20.2 Å². The van der Waals surface area contributed by atoms with E-state index in [1.807, 2.05) is 12.1 Å². The van der Waals surface area contributed by atoms with Gasteiger partial charge in [0, 0.05) is 36.4 Å². The molecule has 2 aliphatic heterocycles. The van der Waals surface area contributed by atoms with Gasteiger partial charge < -0.3 is 24.3 Å². The third kappa shape index (κ3) is 4.58. The van der Waals surface area contributed by atoms with E-state index >= 15 is 0 Å². The van der Waals surface area contributed by atoms with Gasteiger partial charge in [-0.3, -0.25) is 9.59 Å². The maximum absolute atomic E-state index is 13.6. The second-order valence-corrected chi connectivity index (χ2v) is 10.6. The number of benzene rings is 2. The third-order valence-corrected chi connectivity index (χ3v) is 7.75. The van der Waals surface area contributed by atoms with Crippen LogP contribution in [-0.2, 0) is 11.3 Å². The maximum Gasteiger partial charge on any atom is 0.586 e. The number of carbonyl (C=O) groups is 1. The highest BCUT2D eigenvalue weighted by Crippen LogP contribution is 2.44. The SMILES string of the molecule is N#Cc1cc(-c2nn(CC(=O)N(c3ccc4c(c3)OC(F)(F)O4)C3CC3)c(=O)c3nc[nH]c23)ccc1N1CCCCC1. The summed E-state index contributed by atoms with van der Waals surface area (Å²) >= 11 is 0. The summed E-state index contributed by atoms with van der Waals surface area (Å²) in [4.78, 5) is 37.8. The Kier molecular flexibility index (Phi) is 6.07. The Balaban J connectivity index is 1.23. The van der Waals surface area contributed by atoms with Crippen molar-refractivity contribution in [2.24, 2.45) is 0 Å². The third-order valence-electron chi connectivity index (χ3n) is 7.75. The number of nitrogens with zero attached hydrogens (tertiary/aromatic N) is 6. The number of piperidine rings is 1. The summed E-state index contributed by atoms with van der Waals surface area (Å²) in [6, 6.07) is 11.8. The van der Waals surface area contributed by atoms with Gasteiger partial charge in [0.2, 0.25) is 5.91 Å². The number of amides is 1. The van der Waals surface area contributed by atoms with Crippen LogP contribution in [0.1, 0.15) is 37.7 Å². The van der Waals surface area contributed by atoms with Crippen LogP contribution >= 0.6 is 0 Å². The van der Waals surface area contributed by atoms with Crippen molar-refractivity contribution in [3.05, 3.63) is 58.6 Å². The molecule has 214 valence electrons. The van der Waals surface area contributed by atoms with Gasteiger partial charge in [-0.1, -0.05) is 6.07 Å². The smallest absolute Gasteiger partial charge is 0.395 e. The van der Waals surface area contributed by atoms with Gasteiger partial charge >= 0.3 is 6.29 Å². The number of halogens is 2. The molecule has 1 saturated heterocycles. The van der Waals surface area contributed by atoms with Crippen molar-refractivity contribution < 1.29 is 23.0 Å². The number of alkyl halides is 2. The van der Waals surface area contributed by atoms with E-state index < -0.39 is 24.3 Å². The molecule has 4 aromatic rings. The number of imidazole rings is 1. The highest BCUT2D eigenvalue weighted by Gasteiger charge is 2.44. The number of nitriles is 1. The molecule has 0 spiro atoms. The number of hydrogen-bond donors (Lipinski definition) is 1. The number of H-pyrrole nitrogens is 1. The number of ether oxygens (including phenoxy) is 2. The molecule has 7 rings (SSSR count). The van der Waals surface area contributed by atoms with Crippen molar-refractivity contribution in [3.63, 3.8) is 0 Å². The van der Waals surface area contributed by atoms with E-state index in [9.17, 15) is 23.6 Å². The summed E-state index contributed by atoms with van der Waals surface area (Å²) in [6.07, 6.45) is 2.36. The van der Waals surface area contributed by atoms with Crippen LogP contribution in [0.3, 0.4) is 0 Å². The Hall–Kier alpha value is -4.99. The minimum absolute atomic E-state index is 0.106. The molecule has 4 heterocycles. The van der Waals surface area contributed by atoms with Crippen LogP contribution in [0, 0.1) is 11.3 Å². The molecule has 11 nitrogen and oxygen atoms in total. The van der Waals surface area contributed by atoms with Crippen molar-refractivity contribution in [2.75, 3.05) is 22.9 Å². The molecule has 2 aromatic heterocycles. The molecular weight excluding hydrogens is 548 g/mol. The van der Waals surface area contributed by atoms with Crippen molar-refractivity contribution in [3.8, 4) is 28.8 Å². The molecule has 2 aromatic carbocycles. The summed E-state index contributed by atoms with van der Waals surface area (Å²) in [5.41, 5.74) is 2.61. The summed E-state index contributed by atoms with van der Waals surface area (Å²) in [5, 5.41) is 14.5. The number of nitrogens with one attached hydrogen (secondary N) is 1. The maximum atomic E-state index is 13.6. The molecule has 1 aliphatic carbocycles. The normalized spacial score (nSPS) is 17.3. The highest BCUT2D eigenvalue weighted by molar-refractivity contribution is 5.95. The molecule has 0 bridgehead atoms. The largest absolute Gasteiger partial charge is 0.586 e. The number of rotatable bonds is 6. The summed E-state index contributed by atoms with van der Waals surface area (Å²) in [5.74, 6) is -0.744. The summed E-state index contributed by atoms with van der Waals surface area (Å²) in [7, 11) is 0. The van der Waals surface area contributed by atoms with Gasteiger partial charge in [-0.2, -0.15) is 10.4 Å². The molecular formula is C29H25F2N7O4. The molecule has 42 heavy (non-hydrogen) atoms. The first-order valence-electron chi connectivity index (χ1n) is 13.8. The zero-order valence-electron chi connectivity index (χ0n) is 22.3. The van der Waals surface area contributed by atoms with Crippen molar-refractivity contribution >= 4 is 28.3 Å². The Bertz CT molecular complexity index is 1820. The minimum Gasteiger partial charge on any atom is -0.395 e. The molecule has 13 heteroatoms. The van der Waals surface area contributed by atoms with Crippen LogP contribution in [0.25, 0.3) is 22.3 Å². The number of hydrogen-bond acceptors (Lipinski definition) is 8. The van der Waals surface area contributed by atoms with Gasteiger partial charge in [-0.05, 0) is 56.4 Å². The van der Waals surface area contributed by atoms with Crippen LogP contribution < -0.4 is 24.8 Å². The lowest BCUT2D eigenvalue weighted by Gasteiger charge is -2.29. The van der Waals surface area contributed by atoms with Crippen molar-refractivity contribution in [1.82, 2.24) is 19.7 Å². The molecule has 2 fully saturated rings. The predicted octanol–water partition coefficient (Wildman–Crippen LogP) is 4.17. The number of aromatic amines is 1. The number of fused-ring (bicyclic) bond motifs is 2. The predicted molar refractivity (Wildman–Crippen MR) is 148 cm³/mol. The Morgan fingerprint density at radius 1 is 1.12 bits per heavy atom. The Morgan fingerprint density at radius 2 is 1.90 bits per heavy atom. The van der Waals surface area contributed by atoms with Crippen LogP contribution in [0.5, 0.6) is 11.5 Å². The van der Waals surface area contributed by atoms with Crippen molar-refractivity contribution in [2.45, 2.75) is 51.0 Å². The molecule has 0 unspecified atom stereocenters. The minimum atomic E-state index is -3.78. The first-order valence-corrected chi connectivity index (χ1v) is 13.8. The van der Waals surface area contributed by atoms with Crippen LogP contribution in [0.15, 0.2) is 47.5 Å². The first kappa shape index (κ1) is 25.9. The lowest BCUT2D eigenvalue weighted by molar-refractivity contribution is -0.286. The monoisotopic (exact) mass is 573 g/mol. The van der Waals surface area contributed by atoms with Gasteiger partial charge in [-0.25, -0.2) is 9.67 Å². The molecule has 0 atom stereocenters. The lowest BCUT2D eigenvalue weighted by Crippen LogP contribution is -2.39. The topological polar surface area (TPSA) is 129 Å². The van der Waals surface area contributed by atoms with E-state index in [-0.39, 0.29) is 23.1 Å². The molecule has 3 aliphatic rings. The van der Waals surface area contributed by atoms with E-state index in [0.29, 0.717) is 28.0 Å².